The molecule has 4 N–H and O–H groups in total. The first-order chi connectivity index (χ1) is 13.3. The van der Waals surface area contributed by atoms with E-state index in [2.05, 4.69) is 29.5 Å². The zero-order valence-corrected chi connectivity index (χ0v) is 20.9. The highest BCUT2D eigenvalue weighted by Crippen LogP contribution is 2.48. The summed E-state index contributed by atoms with van der Waals surface area (Å²) in [5, 5.41) is 12.0. The van der Waals surface area contributed by atoms with Gasteiger partial charge in [0.15, 0.2) is 5.96 Å². The second-order valence-electron chi connectivity index (χ2n) is 7.20. The Morgan fingerprint density at radius 3 is 2.31 bits per heavy atom. The quantitative estimate of drug-likeness (QED) is 0.255. The Morgan fingerprint density at radius 2 is 1.83 bits per heavy atom. The van der Waals surface area contributed by atoms with Gasteiger partial charge in [-0.25, -0.2) is 18.5 Å². The summed E-state index contributed by atoms with van der Waals surface area (Å²) in [6.45, 7) is 10.5. The highest BCUT2D eigenvalue weighted by Gasteiger charge is 2.53. The average Bonchev–Trinajstić information content (AvgIpc) is 2.66. The molecule has 1 saturated carbocycles. The number of hydrogen-bond acceptors (Lipinski definition) is 4. The second-order valence-corrected chi connectivity index (χ2v) is 8.76. The molecule has 0 aromatic heterocycles. The smallest absolute Gasteiger partial charge is 0.238 e. The van der Waals surface area contributed by atoms with Crippen LogP contribution in [0.1, 0.15) is 52.5 Å². The maximum atomic E-state index is 11.4. The van der Waals surface area contributed by atoms with Crippen LogP contribution in [0.25, 0.3) is 0 Å². The monoisotopic (exact) mass is 538 g/mol. The summed E-state index contributed by atoms with van der Waals surface area (Å²) in [4.78, 5) is 4.78. The molecule has 1 aliphatic carbocycles. The molecule has 0 radical (unpaired) electrons. The lowest BCUT2D eigenvalue weighted by molar-refractivity contribution is -0.133. The van der Waals surface area contributed by atoms with Crippen LogP contribution in [-0.4, -0.2) is 39.7 Å². The maximum Gasteiger partial charge on any atom is 0.238 e. The van der Waals surface area contributed by atoms with Gasteiger partial charge >= 0.3 is 0 Å². The van der Waals surface area contributed by atoms with Gasteiger partial charge in [0, 0.05) is 24.6 Å². The van der Waals surface area contributed by atoms with E-state index in [0.717, 1.165) is 43.9 Å². The van der Waals surface area contributed by atoms with Crippen molar-refractivity contribution in [2.45, 2.75) is 70.5 Å². The van der Waals surface area contributed by atoms with Crippen molar-refractivity contribution >= 4 is 40.0 Å². The molecule has 0 bridgehead atoms. The fraction of sp³-hybridized carbons (Fsp3) is 0.650. The van der Waals surface area contributed by atoms with Crippen molar-refractivity contribution in [3.8, 4) is 0 Å². The highest BCUT2D eigenvalue weighted by atomic mass is 127. The van der Waals surface area contributed by atoms with Crippen molar-refractivity contribution < 1.29 is 13.2 Å². The molecule has 0 heterocycles. The summed E-state index contributed by atoms with van der Waals surface area (Å²) in [6.07, 6.45) is 3.38. The van der Waals surface area contributed by atoms with E-state index in [1.165, 1.54) is 12.1 Å². The first kappa shape index (κ1) is 26.1. The molecule has 0 aliphatic heterocycles. The Morgan fingerprint density at radius 1 is 1.21 bits per heavy atom. The molecule has 1 aromatic carbocycles. The predicted molar refractivity (Wildman–Crippen MR) is 128 cm³/mol. The van der Waals surface area contributed by atoms with Crippen molar-refractivity contribution in [3.63, 3.8) is 0 Å². The number of sulfonamides is 1. The van der Waals surface area contributed by atoms with Crippen LogP contribution in [0.15, 0.2) is 34.2 Å². The van der Waals surface area contributed by atoms with Crippen LogP contribution in [0.4, 0.5) is 0 Å². The van der Waals surface area contributed by atoms with Crippen LogP contribution in [0.3, 0.4) is 0 Å². The molecule has 2 rings (SSSR count). The van der Waals surface area contributed by atoms with Gasteiger partial charge in [0.05, 0.1) is 17.5 Å². The lowest BCUT2D eigenvalue weighted by Gasteiger charge is -2.55. The van der Waals surface area contributed by atoms with Gasteiger partial charge < -0.3 is 15.4 Å². The first-order valence-electron chi connectivity index (χ1n) is 10.1. The van der Waals surface area contributed by atoms with E-state index in [1.807, 2.05) is 13.8 Å². The number of nitrogens with two attached hydrogens (primary N) is 1. The Hall–Kier alpha value is -0.910. The number of nitrogens with one attached hydrogen (secondary N) is 2. The lowest BCUT2D eigenvalue weighted by Crippen LogP contribution is -2.65. The number of halogens is 1. The molecule has 2 atom stereocenters. The number of ether oxygens (including phenoxy) is 1. The van der Waals surface area contributed by atoms with Gasteiger partial charge in [0.1, 0.15) is 0 Å². The molecule has 9 heteroatoms. The van der Waals surface area contributed by atoms with E-state index >= 15 is 0 Å². The number of primary sulfonamides is 1. The fourth-order valence-corrected chi connectivity index (χ4v) is 4.54. The normalized spacial score (nSPS) is 21.1. The van der Waals surface area contributed by atoms with Crippen molar-refractivity contribution in [2.75, 3.05) is 13.2 Å². The van der Waals surface area contributed by atoms with Gasteiger partial charge in [0.2, 0.25) is 10.0 Å². The van der Waals surface area contributed by atoms with E-state index in [9.17, 15) is 8.42 Å². The molecule has 7 nitrogen and oxygen atoms in total. The lowest BCUT2D eigenvalue weighted by atomic mass is 9.58. The van der Waals surface area contributed by atoms with E-state index < -0.39 is 10.0 Å². The number of guanidine groups is 1. The Balaban J connectivity index is 0.00000420. The van der Waals surface area contributed by atoms with Gasteiger partial charge in [-0.05, 0) is 50.8 Å². The summed E-state index contributed by atoms with van der Waals surface area (Å²) in [7, 11) is -3.67. The van der Waals surface area contributed by atoms with Crippen LogP contribution in [0, 0.1) is 5.41 Å². The van der Waals surface area contributed by atoms with Gasteiger partial charge in [0.25, 0.3) is 0 Å². The van der Waals surface area contributed by atoms with Gasteiger partial charge in [-0.3, -0.25) is 0 Å². The van der Waals surface area contributed by atoms with E-state index in [0.29, 0.717) is 18.7 Å². The Bertz CT molecular complexity index is 764. The van der Waals surface area contributed by atoms with Crippen molar-refractivity contribution in [1.82, 2.24) is 10.6 Å². The Kier molecular flexibility index (Phi) is 10.3. The van der Waals surface area contributed by atoms with Crippen molar-refractivity contribution in [3.05, 3.63) is 29.8 Å². The Labute approximate surface area is 192 Å². The third kappa shape index (κ3) is 6.28. The third-order valence-electron chi connectivity index (χ3n) is 5.80. The van der Waals surface area contributed by atoms with Crippen LogP contribution in [0.2, 0.25) is 0 Å². The summed E-state index contributed by atoms with van der Waals surface area (Å²) < 4.78 is 28.7. The van der Waals surface area contributed by atoms with Crippen molar-refractivity contribution in [1.29, 1.82) is 0 Å². The van der Waals surface area contributed by atoms with E-state index in [4.69, 9.17) is 9.88 Å². The minimum atomic E-state index is -3.67. The molecule has 0 spiro atoms. The number of aliphatic imine (C=N–C) groups is 1. The number of nitrogens with zero attached hydrogens (tertiary/aromatic N) is 1. The molecule has 166 valence electrons. The number of rotatable bonds is 9. The van der Waals surface area contributed by atoms with Crippen LogP contribution in [-0.2, 0) is 21.3 Å². The molecule has 0 saturated heterocycles. The van der Waals surface area contributed by atoms with Crippen LogP contribution < -0.4 is 15.8 Å². The van der Waals surface area contributed by atoms with E-state index in [1.54, 1.807) is 12.1 Å². The van der Waals surface area contributed by atoms with Gasteiger partial charge in [-0.1, -0.05) is 26.0 Å². The van der Waals surface area contributed by atoms with Gasteiger partial charge in [-0.15, -0.1) is 24.0 Å². The topological polar surface area (TPSA) is 106 Å². The zero-order chi connectivity index (χ0) is 20.8. The molecular formula is C20H35IN4O3S. The minimum Gasteiger partial charge on any atom is -0.378 e. The summed E-state index contributed by atoms with van der Waals surface area (Å²) in [5.74, 6) is 0.768. The second kappa shape index (κ2) is 11.5. The summed E-state index contributed by atoms with van der Waals surface area (Å²) in [6, 6.07) is 6.82. The highest BCUT2D eigenvalue weighted by molar-refractivity contribution is 14.0. The molecule has 1 fully saturated rings. The molecule has 29 heavy (non-hydrogen) atoms. The third-order valence-corrected chi connectivity index (χ3v) is 6.73. The average molecular weight is 538 g/mol. The molecule has 0 amide bonds. The minimum absolute atomic E-state index is 0. The predicted octanol–water partition coefficient (Wildman–Crippen LogP) is 2.99. The first-order valence-corrected chi connectivity index (χ1v) is 11.6. The maximum absolute atomic E-state index is 11.4. The standard InChI is InChI=1S/C20H34N4O3S.HI/c1-5-20(6-2)17(13-18(20)27-8-4)24-19(22-7-3)23-14-15-9-11-16(12-10-15)28(21,25)26;/h9-12,17-18H,5-8,13-14H2,1-4H3,(H2,21,25,26)(H2,22,23,24);1H. The summed E-state index contributed by atoms with van der Waals surface area (Å²) in [5.41, 5.74) is 1.05. The summed E-state index contributed by atoms with van der Waals surface area (Å²) >= 11 is 0. The molecule has 1 aromatic rings. The molecule has 2 unspecified atom stereocenters. The molecule has 1 aliphatic rings. The number of hydrogen-bond donors (Lipinski definition) is 3. The SMILES string of the molecule is CCNC(=NCc1ccc(S(N)(=O)=O)cc1)NC1CC(OCC)C1(CC)CC.I. The van der Waals surface area contributed by atoms with Gasteiger partial charge in [-0.2, -0.15) is 0 Å². The van der Waals surface area contributed by atoms with E-state index in [-0.39, 0.29) is 34.3 Å². The van der Waals surface area contributed by atoms with Crippen molar-refractivity contribution in [2.24, 2.45) is 15.5 Å². The largest absolute Gasteiger partial charge is 0.378 e. The molecular weight excluding hydrogens is 503 g/mol. The van der Waals surface area contributed by atoms with Crippen LogP contribution >= 0.6 is 24.0 Å². The van der Waals surface area contributed by atoms with Crippen LogP contribution in [0.5, 0.6) is 0 Å². The fourth-order valence-electron chi connectivity index (χ4n) is 4.02. The zero-order valence-electron chi connectivity index (χ0n) is 17.8. The number of benzene rings is 1.